The van der Waals surface area contributed by atoms with E-state index in [4.69, 9.17) is 0 Å². The van der Waals surface area contributed by atoms with E-state index in [0.29, 0.717) is 19.0 Å². The highest BCUT2D eigenvalue weighted by atomic mass is 32.2. The minimum atomic E-state index is -3.05. The first-order valence-electron chi connectivity index (χ1n) is 11.1. The van der Waals surface area contributed by atoms with E-state index >= 15 is 0 Å². The van der Waals surface area contributed by atoms with Crippen LogP contribution < -0.4 is 0 Å². The van der Waals surface area contributed by atoms with Gasteiger partial charge in [-0.15, -0.1) is 10.2 Å². The van der Waals surface area contributed by atoms with Gasteiger partial charge in [0, 0.05) is 41.3 Å². The smallest absolute Gasteiger partial charge is 0.236 e. The van der Waals surface area contributed by atoms with Gasteiger partial charge in [0.1, 0.15) is 0 Å². The molecule has 0 spiro atoms. The lowest BCUT2D eigenvalue weighted by Gasteiger charge is -2.29. The Morgan fingerprint density at radius 3 is 2.75 bits per heavy atom. The minimum Gasteiger partial charge on any atom is -0.360 e. The molecule has 1 saturated carbocycles. The number of fused-ring (bicyclic) bond motifs is 1. The summed E-state index contributed by atoms with van der Waals surface area (Å²) in [7, 11) is -3.05. The molecule has 1 aromatic carbocycles. The average Bonchev–Trinajstić information content (AvgIpc) is 3.22. The number of para-hydroxylation sites is 1. The summed E-state index contributed by atoms with van der Waals surface area (Å²) in [6, 6.07) is 8.23. The maximum atomic E-state index is 13.2. The third kappa shape index (κ3) is 3.94. The number of carbonyl (C=O) groups is 1. The van der Waals surface area contributed by atoms with Crippen molar-refractivity contribution in [1.82, 2.24) is 24.6 Å². The molecular formula is C22H27N5O3S2. The highest BCUT2D eigenvalue weighted by Gasteiger charge is 2.37. The Kier molecular flexibility index (Phi) is 5.53. The molecule has 2 atom stereocenters. The second kappa shape index (κ2) is 8.22. The lowest BCUT2D eigenvalue weighted by molar-refractivity contribution is -0.131. The Balaban J connectivity index is 1.40. The van der Waals surface area contributed by atoms with E-state index in [0.717, 1.165) is 40.3 Å². The van der Waals surface area contributed by atoms with Crippen LogP contribution in [0.5, 0.6) is 0 Å². The van der Waals surface area contributed by atoms with Crippen molar-refractivity contribution in [2.24, 2.45) is 0 Å². The molecule has 3 heterocycles. The van der Waals surface area contributed by atoms with Gasteiger partial charge in [-0.1, -0.05) is 30.0 Å². The predicted molar refractivity (Wildman–Crippen MR) is 125 cm³/mol. The Hall–Kier alpha value is -2.33. The normalized spacial score (nSPS) is 21.1. The minimum absolute atomic E-state index is 0.0430. The van der Waals surface area contributed by atoms with Crippen LogP contribution in [0.25, 0.3) is 22.3 Å². The van der Waals surface area contributed by atoms with E-state index in [-0.39, 0.29) is 28.7 Å². The highest BCUT2D eigenvalue weighted by molar-refractivity contribution is 8.00. The van der Waals surface area contributed by atoms with Gasteiger partial charge in [-0.3, -0.25) is 9.36 Å². The number of amides is 1. The molecule has 8 nitrogen and oxygen atoms in total. The van der Waals surface area contributed by atoms with Crippen LogP contribution in [0.3, 0.4) is 0 Å². The monoisotopic (exact) mass is 473 g/mol. The molecule has 0 radical (unpaired) electrons. The number of thioether (sulfide) groups is 1. The molecule has 1 saturated heterocycles. The fourth-order valence-electron chi connectivity index (χ4n) is 4.52. The number of nitrogens with one attached hydrogen (secondary N) is 1. The number of aromatic nitrogens is 4. The quantitative estimate of drug-likeness (QED) is 0.529. The van der Waals surface area contributed by atoms with Crippen molar-refractivity contribution in [1.29, 1.82) is 0 Å². The Morgan fingerprint density at radius 1 is 1.28 bits per heavy atom. The SMILES string of the molecule is CCN(C(=O)[C@H](C)Sc1nnc(-c2c[nH]c3ccccc23)n1C1CC1)[C@H]1CCS(=O)(=O)C1. The lowest BCUT2D eigenvalue weighted by atomic mass is 10.1. The van der Waals surface area contributed by atoms with Gasteiger partial charge in [0.2, 0.25) is 5.91 Å². The van der Waals surface area contributed by atoms with E-state index in [1.54, 1.807) is 4.90 Å². The molecule has 1 aliphatic heterocycles. The van der Waals surface area contributed by atoms with Gasteiger partial charge in [0.15, 0.2) is 20.8 Å². The van der Waals surface area contributed by atoms with Crippen LogP contribution in [0, 0.1) is 0 Å². The number of rotatable bonds is 7. The van der Waals surface area contributed by atoms with E-state index in [1.165, 1.54) is 11.8 Å². The largest absolute Gasteiger partial charge is 0.360 e. The second-order valence-corrected chi connectivity index (χ2v) is 12.1. The van der Waals surface area contributed by atoms with Crippen molar-refractivity contribution in [3.05, 3.63) is 30.5 Å². The van der Waals surface area contributed by atoms with Crippen LogP contribution in [-0.4, -0.2) is 68.3 Å². The molecule has 10 heteroatoms. The molecule has 3 aromatic rings. The van der Waals surface area contributed by atoms with Crippen molar-refractivity contribution in [3.63, 3.8) is 0 Å². The van der Waals surface area contributed by atoms with Crippen LogP contribution in [-0.2, 0) is 14.6 Å². The van der Waals surface area contributed by atoms with Crippen molar-refractivity contribution in [2.75, 3.05) is 18.1 Å². The molecule has 0 unspecified atom stereocenters. The van der Waals surface area contributed by atoms with Crippen LogP contribution in [0.2, 0.25) is 0 Å². The number of nitrogens with zero attached hydrogens (tertiary/aromatic N) is 4. The van der Waals surface area contributed by atoms with Crippen molar-refractivity contribution in [3.8, 4) is 11.4 Å². The average molecular weight is 474 g/mol. The van der Waals surface area contributed by atoms with Crippen molar-refractivity contribution < 1.29 is 13.2 Å². The van der Waals surface area contributed by atoms with Crippen molar-refractivity contribution >= 4 is 38.4 Å². The first-order valence-corrected chi connectivity index (χ1v) is 13.8. The molecule has 2 aliphatic rings. The van der Waals surface area contributed by atoms with Gasteiger partial charge in [-0.25, -0.2) is 8.42 Å². The first kappa shape index (κ1) is 21.5. The van der Waals surface area contributed by atoms with Crippen molar-refractivity contribution in [2.45, 2.75) is 55.6 Å². The predicted octanol–water partition coefficient (Wildman–Crippen LogP) is 3.28. The fourth-order valence-corrected chi connectivity index (χ4v) is 7.24. The molecule has 1 aliphatic carbocycles. The molecule has 5 rings (SSSR count). The second-order valence-electron chi connectivity index (χ2n) is 8.60. The number of aromatic amines is 1. The van der Waals surface area contributed by atoms with Gasteiger partial charge < -0.3 is 9.88 Å². The molecule has 0 bridgehead atoms. The molecule has 170 valence electrons. The third-order valence-corrected chi connectivity index (χ3v) is 9.10. The maximum absolute atomic E-state index is 13.2. The van der Waals surface area contributed by atoms with E-state index in [1.807, 2.05) is 38.2 Å². The summed E-state index contributed by atoms with van der Waals surface area (Å²) in [6.45, 7) is 4.28. The lowest BCUT2D eigenvalue weighted by Crippen LogP contribution is -2.44. The van der Waals surface area contributed by atoms with E-state index < -0.39 is 9.84 Å². The maximum Gasteiger partial charge on any atom is 0.236 e. The Morgan fingerprint density at radius 2 is 2.06 bits per heavy atom. The van der Waals surface area contributed by atoms with E-state index in [9.17, 15) is 13.2 Å². The zero-order valence-electron chi connectivity index (χ0n) is 18.2. The van der Waals surface area contributed by atoms with Crippen LogP contribution >= 0.6 is 11.8 Å². The summed E-state index contributed by atoms with van der Waals surface area (Å²) < 4.78 is 26.0. The Labute approximate surface area is 191 Å². The molecule has 1 amide bonds. The molecule has 1 N–H and O–H groups in total. The highest BCUT2D eigenvalue weighted by Crippen LogP contribution is 2.43. The Bertz CT molecular complexity index is 1260. The van der Waals surface area contributed by atoms with Gasteiger partial charge >= 0.3 is 0 Å². The summed E-state index contributed by atoms with van der Waals surface area (Å²) in [5, 5.41) is 10.4. The topological polar surface area (TPSA) is 101 Å². The number of hydrogen-bond acceptors (Lipinski definition) is 6. The number of benzene rings is 1. The number of sulfone groups is 1. The summed E-state index contributed by atoms with van der Waals surface area (Å²) in [5.74, 6) is 1.000. The molecule has 32 heavy (non-hydrogen) atoms. The van der Waals surface area contributed by atoms with Gasteiger partial charge in [-0.05, 0) is 39.2 Å². The van der Waals surface area contributed by atoms with Crippen LogP contribution in [0.15, 0.2) is 35.6 Å². The number of hydrogen-bond donors (Lipinski definition) is 1. The number of H-pyrrole nitrogens is 1. The fraction of sp³-hybridized carbons (Fsp3) is 0.500. The van der Waals surface area contributed by atoms with Gasteiger partial charge in [-0.2, -0.15) is 0 Å². The van der Waals surface area contributed by atoms with Gasteiger partial charge in [0.25, 0.3) is 0 Å². The molecule has 2 fully saturated rings. The van der Waals surface area contributed by atoms with Crippen LogP contribution in [0.1, 0.15) is 39.2 Å². The van der Waals surface area contributed by atoms with E-state index in [2.05, 4.69) is 25.8 Å². The first-order chi connectivity index (χ1) is 15.4. The summed E-state index contributed by atoms with van der Waals surface area (Å²) >= 11 is 1.41. The zero-order chi connectivity index (χ0) is 22.5. The van der Waals surface area contributed by atoms with Crippen LogP contribution in [0.4, 0.5) is 0 Å². The zero-order valence-corrected chi connectivity index (χ0v) is 19.8. The summed E-state index contributed by atoms with van der Waals surface area (Å²) in [6.07, 6.45) is 4.63. The third-order valence-electron chi connectivity index (χ3n) is 6.31. The summed E-state index contributed by atoms with van der Waals surface area (Å²) in [4.78, 5) is 18.3. The summed E-state index contributed by atoms with van der Waals surface area (Å²) in [5.41, 5.74) is 2.06. The van der Waals surface area contributed by atoms with Gasteiger partial charge in [0.05, 0.1) is 16.8 Å². The number of carbonyl (C=O) groups excluding carboxylic acids is 1. The molecule has 2 aromatic heterocycles. The molecular weight excluding hydrogens is 446 g/mol. The standard InChI is InChI=1S/C22H27N5O3S2/c1-3-26(16-10-11-32(29,30)13-16)21(28)14(2)31-22-25-24-20(27(22)15-8-9-15)18-12-23-19-7-5-4-6-17(18)19/h4-7,12,14-16,23H,3,8-11,13H2,1-2H3/t14-,16-/m0/s1.